The molecule has 2 aromatic rings. The van der Waals surface area contributed by atoms with E-state index in [-0.39, 0.29) is 0 Å². The number of hydrogen-bond acceptors (Lipinski definition) is 4. The van der Waals surface area contributed by atoms with Gasteiger partial charge in [0.15, 0.2) is 0 Å². The predicted octanol–water partition coefficient (Wildman–Crippen LogP) is -3.40. The van der Waals surface area contributed by atoms with Gasteiger partial charge in [-0.1, -0.05) is 30.3 Å². The molecule has 1 heterocycles. The lowest BCUT2D eigenvalue weighted by Gasteiger charge is -2.17. The van der Waals surface area contributed by atoms with E-state index < -0.39 is 10.2 Å². The summed E-state index contributed by atoms with van der Waals surface area (Å²) in [5.41, 5.74) is 1.33. The van der Waals surface area contributed by atoms with Crippen LogP contribution >= 0.6 is 0 Å². The van der Waals surface area contributed by atoms with Gasteiger partial charge in [0.05, 0.1) is 7.05 Å². The fraction of sp³-hybridized carbons (Fsp3) is 0.182. The van der Waals surface area contributed by atoms with Crippen molar-refractivity contribution in [2.24, 2.45) is 7.05 Å². The molecule has 0 aliphatic heterocycles. The van der Waals surface area contributed by atoms with Crippen molar-refractivity contribution in [1.82, 2.24) is 4.57 Å². The summed E-state index contributed by atoms with van der Waals surface area (Å²) in [6.07, 6.45) is 6.20. The van der Waals surface area contributed by atoms with E-state index in [1.807, 2.05) is 23.9 Å². The van der Waals surface area contributed by atoms with Crippen molar-refractivity contribution in [3.8, 4) is 0 Å². The van der Waals surface area contributed by atoms with Crippen LogP contribution in [0.3, 0.4) is 0 Å². The van der Waals surface area contributed by atoms with Crippen molar-refractivity contribution in [1.29, 1.82) is 0 Å². The first kappa shape index (κ1) is 14.6. The van der Waals surface area contributed by atoms with E-state index in [9.17, 15) is 0 Å². The van der Waals surface area contributed by atoms with Crippen molar-refractivity contribution in [3.05, 3.63) is 54.6 Å². The van der Waals surface area contributed by atoms with Crippen molar-refractivity contribution in [2.75, 3.05) is 0 Å². The normalized spacial score (nSPS) is 10.7. The first-order valence-corrected chi connectivity index (χ1v) is 6.25. The standard InChI is InChI=1S/C11H13N2.ClHO4/c1-12-7-8-13(10-12)9-11-5-3-2-4-6-11;2-1(3,4)5/h2-8,10H,9H2,1H3;(H,2,3,4,5)/q+1;/p-1. The average molecular weight is 273 g/mol. The van der Waals surface area contributed by atoms with E-state index in [4.69, 9.17) is 18.6 Å². The zero-order valence-electron chi connectivity index (χ0n) is 9.73. The molecule has 6 nitrogen and oxygen atoms in total. The van der Waals surface area contributed by atoms with Crippen molar-refractivity contribution >= 4 is 0 Å². The molecule has 0 amide bonds. The summed E-state index contributed by atoms with van der Waals surface area (Å²) >= 11 is 0. The smallest absolute Gasteiger partial charge is 0.240 e. The number of nitrogens with zero attached hydrogens (tertiary/aromatic N) is 2. The molecule has 0 spiro atoms. The molecule has 7 heteroatoms. The van der Waals surface area contributed by atoms with Gasteiger partial charge >= 0.3 is 0 Å². The highest BCUT2D eigenvalue weighted by atomic mass is 35.7. The quantitative estimate of drug-likeness (QED) is 0.532. The predicted molar refractivity (Wildman–Crippen MR) is 51.2 cm³/mol. The Balaban J connectivity index is 0.000000280. The lowest BCUT2D eigenvalue weighted by Crippen LogP contribution is -2.68. The van der Waals surface area contributed by atoms with Crippen LogP contribution in [-0.2, 0) is 13.6 Å². The summed E-state index contributed by atoms with van der Waals surface area (Å²) in [6, 6.07) is 10.5. The van der Waals surface area contributed by atoms with Crippen LogP contribution in [0.15, 0.2) is 49.1 Å². The summed E-state index contributed by atoms with van der Waals surface area (Å²) in [6.45, 7) is 0.946. The minimum absolute atomic E-state index is 0.946. The highest BCUT2D eigenvalue weighted by Gasteiger charge is 1.99. The van der Waals surface area contributed by atoms with Gasteiger partial charge in [0.2, 0.25) is 6.33 Å². The Hall–Kier alpha value is -1.44. The van der Waals surface area contributed by atoms with Gasteiger partial charge < -0.3 is 0 Å². The minimum Gasteiger partial charge on any atom is -0.240 e. The third-order valence-electron chi connectivity index (χ3n) is 2.03. The van der Waals surface area contributed by atoms with Crippen LogP contribution in [0.25, 0.3) is 0 Å². The van der Waals surface area contributed by atoms with Gasteiger partial charge in [0.25, 0.3) is 0 Å². The van der Waals surface area contributed by atoms with Crippen molar-refractivity contribution < 1.29 is 33.4 Å². The summed E-state index contributed by atoms with van der Waals surface area (Å²) in [7, 11) is -2.92. The molecule has 0 radical (unpaired) electrons. The fourth-order valence-electron chi connectivity index (χ4n) is 1.39. The van der Waals surface area contributed by atoms with Crippen LogP contribution in [0.4, 0.5) is 0 Å². The van der Waals surface area contributed by atoms with E-state index in [0.717, 1.165) is 6.54 Å². The molecule has 0 saturated heterocycles. The molecule has 0 atom stereocenters. The molecule has 2 rings (SSSR count). The Morgan fingerprint density at radius 2 is 1.67 bits per heavy atom. The number of rotatable bonds is 2. The van der Waals surface area contributed by atoms with Gasteiger partial charge in [-0.2, -0.15) is 0 Å². The zero-order chi connectivity index (χ0) is 13.6. The molecule has 0 bridgehead atoms. The summed E-state index contributed by atoms with van der Waals surface area (Å²) < 4.78 is 38.2. The maximum absolute atomic E-state index is 8.49. The van der Waals surface area contributed by atoms with Crippen LogP contribution in [0.2, 0.25) is 0 Å². The molecular formula is C11H13ClN2O4. The molecule has 0 N–H and O–H groups in total. The Bertz CT molecular complexity index is 461. The summed E-state index contributed by atoms with van der Waals surface area (Å²) in [4.78, 5) is 0. The number of benzene rings is 1. The lowest BCUT2D eigenvalue weighted by atomic mass is 10.2. The fourth-order valence-corrected chi connectivity index (χ4v) is 1.39. The SMILES string of the molecule is C[n+]1ccn(Cc2ccccc2)c1.[O-][Cl+3]([O-])([O-])[O-]. The zero-order valence-corrected chi connectivity index (χ0v) is 10.5. The highest BCUT2D eigenvalue weighted by molar-refractivity contribution is 5.14. The van der Waals surface area contributed by atoms with E-state index in [0.29, 0.717) is 0 Å². The minimum atomic E-state index is -4.94. The molecule has 1 aromatic carbocycles. The molecule has 0 unspecified atom stereocenters. The largest absolute Gasteiger partial charge is 0.243 e. The Kier molecular flexibility index (Phi) is 5.26. The van der Waals surface area contributed by atoms with Gasteiger partial charge in [0, 0.05) is 0 Å². The monoisotopic (exact) mass is 272 g/mol. The lowest BCUT2D eigenvalue weighted by molar-refractivity contribution is -2.00. The summed E-state index contributed by atoms with van der Waals surface area (Å²) in [5, 5.41) is 0. The second-order valence-corrected chi connectivity index (χ2v) is 4.37. The van der Waals surface area contributed by atoms with Crippen LogP contribution < -0.4 is 23.2 Å². The molecule has 1 aromatic heterocycles. The van der Waals surface area contributed by atoms with Crippen LogP contribution in [0.5, 0.6) is 0 Å². The molecule has 0 fully saturated rings. The van der Waals surface area contributed by atoms with E-state index in [1.54, 1.807) is 0 Å². The average Bonchev–Trinajstić information content (AvgIpc) is 2.63. The van der Waals surface area contributed by atoms with E-state index >= 15 is 0 Å². The second-order valence-electron chi connectivity index (χ2n) is 3.61. The maximum Gasteiger partial charge on any atom is 0.243 e. The van der Waals surface area contributed by atoms with E-state index in [1.165, 1.54) is 5.56 Å². The number of halogens is 1. The van der Waals surface area contributed by atoms with Crippen molar-refractivity contribution in [2.45, 2.75) is 6.54 Å². The summed E-state index contributed by atoms with van der Waals surface area (Å²) in [5.74, 6) is 0. The Morgan fingerprint density at radius 1 is 1.11 bits per heavy atom. The Labute approximate surface area is 107 Å². The number of aryl methyl sites for hydroxylation is 1. The molecule has 98 valence electrons. The van der Waals surface area contributed by atoms with Gasteiger partial charge in [-0.25, -0.2) is 27.8 Å². The maximum atomic E-state index is 8.49. The van der Waals surface area contributed by atoms with Gasteiger partial charge in [0.1, 0.15) is 18.9 Å². The first-order chi connectivity index (χ1) is 8.34. The Morgan fingerprint density at radius 3 is 2.11 bits per heavy atom. The highest BCUT2D eigenvalue weighted by Crippen LogP contribution is 2.00. The van der Waals surface area contributed by atoms with Crippen molar-refractivity contribution in [3.63, 3.8) is 0 Å². The van der Waals surface area contributed by atoms with Gasteiger partial charge in [-0.05, 0) is 5.56 Å². The van der Waals surface area contributed by atoms with Crippen LogP contribution in [0.1, 0.15) is 5.56 Å². The topological polar surface area (TPSA) is 101 Å². The molecule has 0 aliphatic carbocycles. The first-order valence-electron chi connectivity index (χ1n) is 5.01. The third-order valence-corrected chi connectivity index (χ3v) is 2.03. The molecular weight excluding hydrogens is 260 g/mol. The molecule has 18 heavy (non-hydrogen) atoms. The molecule has 0 aliphatic rings. The number of aromatic nitrogens is 2. The van der Waals surface area contributed by atoms with Gasteiger partial charge in [-0.3, -0.25) is 0 Å². The van der Waals surface area contributed by atoms with Crippen LogP contribution in [0, 0.1) is 10.2 Å². The van der Waals surface area contributed by atoms with Crippen LogP contribution in [-0.4, -0.2) is 4.57 Å². The number of hydrogen-bond donors (Lipinski definition) is 0. The second kappa shape index (κ2) is 6.48. The third kappa shape index (κ3) is 7.00. The van der Waals surface area contributed by atoms with E-state index in [2.05, 4.69) is 41.4 Å². The van der Waals surface area contributed by atoms with Gasteiger partial charge in [-0.15, -0.1) is 10.2 Å². The number of imidazole rings is 1. The molecule has 0 saturated carbocycles.